The maximum absolute atomic E-state index is 11.5. The minimum absolute atomic E-state index is 0.0359. The number of phenolic OH excluding ortho intramolecular Hbond substituents is 1. The summed E-state index contributed by atoms with van der Waals surface area (Å²) in [4.78, 5) is 21.8. The van der Waals surface area contributed by atoms with Gasteiger partial charge in [-0.05, 0) is 12.1 Å². The number of aromatic hydroxyl groups is 1. The molecule has 0 saturated carbocycles. The molecule has 2 N–H and O–H groups in total. The van der Waals surface area contributed by atoms with E-state index >= 15 is 0 Å². The van der Waals surface area contributed by atoms with Gasteiger partial charge in [0.1, 0.15) is 0 Å². The first-order valence-corrected chi connectivity index (χ1v) is 5.10. The Kier molecular flexibility index (Phi) is 4.15. The van der Waals surface area contributed by atoms with E-state index in [1.54, 1.807) is 0 Å². The lowest BCUT2D eigenvalue weighted by Crippen LogP contribution is -2.03. The largest absolute Gasteiger partial charge is 0.505 e. The second-order valence-electron chi connectivity index (χ2n) is 3.11. The predicted octanol–water partition coefficient (Wildman–Crippen LogP) is 2.75. The predicted molar refractivity (Wildman–Crippen MR) is 59.3 cm³/mol. The van der Waals surface area contributed by atoms with E-state index in [1.807, 2.05) is 0 Å². The Labute approximate surface area is 101 Å². The topological polar surface area (TPSA) is 74.6 Å². The fourth-order valence-corrected chi connectivity index (χ4v) is 1.58. The second kappa shape index (κ2) is 5.18. The van der Waals surface area contributed by atoms with Gasteiger partial charge in [-0.1, -0.05) is 23.2 Å². The van der Waals surface area contributed by atoms with Crippen LogP contribution in [0.15, 0.2) is 12.1 Å². The molecule has 0 spiro atoms. The molecule has 0 heterocycles. The molecule has 0 fully saturated rings. The van der Waals surface area contributed by atoms with Gasteiger partial charge in [0, 0.05) is 12.0 Å². The first-order chi connectivity index (χ1) is 7.41. The molecule has 0 bridgehead atoms. The standard InChI is InChI=1S/C10H8Cl2O4/c11-6-3-5(4-7(12)10(6)16)8(13)1-2-9(14)15/h3-4,16H,1-2H2,(H,14,15). The zero-order chi connectivity index (χ0) is 12.3. The van der Waals surface area contributed by atoms with Crippen molar-refractivity contribution >= 4 is 35.0 Å². The molecule has 0 saturated heterocycles. The lowest BCUT2D eigenvalue weighted by Gasteiger charge is -2.04. The first-order valence-electron chi connectivity index (χ1n) is 4.35. The van der Waals surface area contributed by atoms with E-state index < -0.39 is 5.97 Å². The highest BCUT2D eigenvalue weighted by molar-refractivity contribution is 6.37. The van der Waals surface area contributed by atoms with E-state index in [2.05, 4.69) is 0 Å². The van der Waals surface area contributed by atoms with Crippen molar-refractivity contribution < 1.29 is 19.8 Å². The monoisotopic (exact) mass is 262 g/mol. The van der Waals surface area contributed by atoms with Gasteiger partial charge in [-0.3, -0.25) is 9.59 Å². The molecule has 16 heavy (non-hydrogen) atoms. The molecule has 86 valence electrons. The summed E-state index contributed by atoms with van der Waals surface area (Å²) in [5.74, 6) is -1.73. The molecule has 0 unspecified atom stereocenters. The number of aliphatic carboxylic acids is 1. The number of Topliss-reactive ketones (excluding diaryl/α,β-unsaturated/α-hetero) is 1. The normalized spacial score (nSPS) is 10.1. The maximum Gasteiger partial charge on any atom is 0.303 e. The molecule has 0 aromatic heterocycles. The molecule has 1 aromatic carbocycles. The number of benzene rings is 1. The van der Waals surface area contributed by atoms with Crippen molar-refractivity contribution in [2.75, 3.05) is 0 Å². The number of rotatable bonds is 4. The third-order valence-electron chi connectivity index (χ3n) is 1.90. The van der Waals surface area contributed by atoms with Gasteiger partial charge < -0.3 is 10.2 Å². The molecule has 0 amide bonds. The Hall–Kier alpha value is -1.26. The molecule has 6 heteroatoms. The fourth-order valence-electron chi connectivity index (χ4n) is 1.09. The van der Waals surface area contributed by atoms with Crippen LogP contribution in [-0.4, -0.2) is 22.0 Å². The molecular weight excluding hydrogens is 255 g/mol. The van der Waals surface area contributed by atoms with Crippen LogP contribution in [0.1, 0.15) is 23.2 Å². The van der Waals surface area contributed by atoms with Crippen LogP contribution in [0.2, 0.25) is 10.0 Å². The van der Waals surface area contributed by atoms with Crippen LogP contribution in [0.4, 0.5) is 0 Å². The van der Waals surface area contributed by atoms with Crippen LogP contribution in [0.5, 0.6) is 5.75 Å². The quantitative estimate of drug-likeness (QED) is 0.819. The number of phenols is 1. The van der Waals surface area contributed by atoms with Crippen LogP contribution in [0, 0.1) is 0 Å². The summed E-state index contributed by atoms with van der Waals surface area (Å²) in [6, 6.07) is 2.51. The summed E-state index contributed by atoms with van der Waals surface area (Å²) in [5, 5.41) is 17.6. The summed E-state index contributed by atoms with van der Waals surface area (Å²) in [5.41, 5.74) is 0.189. The van der Waals surface area contributed by atoms with E-state index in [9.17, 15) is 14.7 Å². The average molecular weight is 263 g/mol. The molecule has 0 aliphatic rings. The molecule has 1 aromatic rings. The van der Waals surface area contributed by atoms with Crippen molar-refractivity contribution in [2.45, 2.75) is 12.8 Å². The summed E-state index contributed by atoms with van der Waals surface area (Å²) >= 11 is 11.2. The number of carbonyl (C=O) groups excluding carboxylic acids is 1. The smallest absolute Gasteiger partial charge is 0.303 e. The lowest BCUT2D eigenvalue weighted by atomic mass is 10.1. The molecule has 4 nitrogen and oxygen atoms in total. The minimum Gasteiger partial charge on any atom is -0.505 e. The van der Waals surface area contributed by atoms with Gasteiger partial charge in [0.15, 0.2) is 11.5 Å². The Morgan fingerprint density at radius 3 is 2.06 bits per heavy atom. The Morgan fingerprint density at radius 2 is 1.62 bits per heavy atom. The molecule has 0 atom stereocenters. The molecule has 0 aliphatic carbocycles. The number of carboxylic acid groups (broad SMARTS) is 1. The summed E-state index contributed by atoms with van der Waals surface area (Å²) in [6.07, 6.45) is -0.387. The summed E-state index contributed by atoms with van der Waals surface area (Å²) in [6.45, 7) is 0. The zero-order valence-electron chi connectivity index (χ0n) is 8.04. The van der Waals surface area contributed by atoms with E-state index in [-0.39, 0.29) is 40.0 Å². The van der Waals surface area contributed by atoms with Crippen molar-refractivity contribution in [3.8, 4) is 5.75 Å². The number of hydrogen-bond donors (Lipinski definition) is 2. The molecule has 1 rings (SSSR count). The van der Waals surface area contributed by atoms with Crippen molar-refractivity contribution in [3.63, 3.8) is 0 Å². The van der Waals surface area contributed by atoms with Gasteiger partial charge in [-0.25, -0.2) is 0 Å². The highest BCUT2D eigenvalue weighted by Crippen LogP contribution is 2.33. The van der Waals surface area contributed by atoms with Crippen LogP contribution < -0.4 is 0 Å². The van der Waals surface area contributed by atoms with Gasteiger partial charge >= 0.3 is 5.97 Å². The van der Waals surface area contributed by atoms with Crippen molar-refractivity contribution in [2.24, 2.45) is 0 Å². The third-order valence-corrected chi connectivity index (χ3v) is 2.48. The highest BCUT2D eigenvalue weighted by Gasteiger charge is 2.13. The number of hydrogen-bond acceptors (Lipinski definition) is 3. The van der Waals surface area contributed by atoms with Crippen molar-refractivity contribution in [3.05, 3.63) is 27.7 Å². The first kappa shape index (κ1) is 12.8. The number of carboxylic acids is 1. The summed E-state index contributed by atoms with van der Waals surface area (Å²) in [7, 11) is 0. The number of carbonyl (C=O) groups is 2. The third kappa shape index (κ3) is 3.12. The van der Waals surface area contributed by atoms with Crippen LogP contribution in [0.25, 0.3) is 0 Å². The average Bonchev–Trinajstić information content (AvgIpc) is 2.21. The summed E-state index contributed by atoms with van der Waals surface area (Å²) < 4.78 is 0. The number of halogens is 2. The van der Waals surface area contributed by atoms with Gasteiger partial charge in [0.25, 0.3) is 0 Å². The van der Waals surface area contributed by atoms with Crippen LogP contribution in [0.3, 0.4) is 0 Å². The van der Waals surface area contributed by atoms with E-state index in [1.165, 1.54) is 12.1 Å². The molecular formula is C10H8Cl2O4. The number of ketones is 1. The Bertz CT molecular complexity index is 419. The fraction of sp³-hybridized carbons (Fsp3) is 0.200. The van der Waals surface area contributed by atoms with Gasteiger partial charge in [0.05, 0.1) is 16.5 Å². The highest BCUT2D eigenvalue weighted by atomic mass is 35.5. The van der Waals surface area contributed by atoms with Crippen LogP contribution in [-0.2, 0) is 4.79 Å². The van der Waals surface area contributed by atoms with Crippen molar-refractivity contribution in [1.29, 1.82) is 0 Å². The van der Waals surface area contributed by atoms with Gasteiger partial charge in [-0.15, -0.1) is 0 Å². The maximum atomic E-state index is 11.5. The van der Waals surface area contributed by atoms with Gasteiger partial charge in [0.2, 0.25) is 0 Å². The van der Waals surface area contributed by atoms with E-state index in [0.29, 0.717) is 0 Å². The van der Waals surface area contributed by atoms with Crippen LogP contribution >= 0.6 is 23.2 Å². The van der Waals surface area contributed by atoms with E-state index in [4.69, 9.17) is 28.3 Å². The van der Waals surface area contributed by atoms with E-state index in [0.717, 1.165) is 0 Å². The Balaban J connectivity index is 2.88. The minimum atomic E-state index is -1.05. The zero-order valence-corrected chi connectivity index (χ0v) is 9.55. The molecule has 0 aliphatic heterocycles. The second-order valence-corrected chi connectivity index (χ2v) is 3.92. The SMILES string of the molecule is O=C(O)CCC(=O)c1cc(Cl)c(O)c(Cl)c1. The molecule has 0 radical (unpaired) electrons. The van der Waals surface area contributed by atoms with Crippen molar-refractivity contribution in [1.82, 2.24) is 0 Å². The Morgan fingerprint density at radius 1 is 1.12 bits per heavy atom. The lowest BCUT2D eigenvalue weighted by molar-refractivity contribution is -0.136. The van der Waals surface area contributed by atoms with Gasteiger partial charge in [-0.2, -0.15) is 0 Å².